The molecule has 1 N–H and O–H groups in total. The van der Waals surface area contributed by atoms with Gasteiger partial charge >= 0.3 is 0 Å². The first-order chi connectivity index (χ1) is 9.63. The van der Waals surface area contributed by atoms with Crippen molar-refractivity contribution in [2.45, 2.75) is 26.3 Å². The van der Waals surface area contributed by atoms with E-state index in [1.807, 2.05) is 6.07 Å². The molecule has 0 radical (unpaired) electrons. The van der Waals surface area contributed by atoms with Crippen molar-refractivity contribution in [1.29, 1.82) is 0 Å². The van der Waals surface area contributed by atoms with Crippen LogP contribution in [0.2, 0.25) is 4.34 Å². The first kappa shape index (κ1) is 15.4. The second-order valence-corrected chi connectivity index (χ2v) is 6.55. The number of likely N-dealkylation sites (N-methyl/N-ethyl adjacent to an activating group) is 1. The van der Waals surface area contributed by atoms with Crippen LogP contribution < -0.4 is 10.1 Å². The molecule has 1 heterocycles. The van der Waals surface area contributed by atoms with E-state index in [-0.39, 0.29) is 6.04 Å². The van der Waals surface area contributed by atoms with Crippen LogP contribution in [0.15, 0.2) is 30.3 Å². The van der Waals surface area contributed by atoms with Gasteiger partial charge in [0.15, 0.2) is 0 Å². The molecule has 0 bridgehead atoms. The van der Waals surface area contributed by atoms with Gasteiger partial charge < -0.3 is 10.1 Å². The topological polar surface area (TPSA) is 21.3 Å². The number of benzene rings is 1. The second-order valence-electron chi connectivity index (χ2n) is 4.75. The maximum atomic E-state index is 6.01. The standard InChI is InChI=1S/C16H20ClNOS/c1-4-18-14(10-13-7-8-16(17)20-13)12-6-5-11(2)15(9-12)19-3/h5-9,14,18H,4,10H2,1-3H3. The molecule has 0 aliphatic rings. The highest BCUT2D eigenvalue weighted by Gasteiger charge is 2.14. The summed E-state index contributed by atoms with van der Waals surface area (Å²) in [6, 6.07) is 10.7. The Balaban J connectivity index is 2.23. The molecule has 1 aromatic carbocycles. The Bertz CT molecular complexity index is 567. The summed E-state index contributed by atoms with van der Waals surface area (Å²) >= 11 is 7.66. The third-order valence-corrected chi connectivity index (χ3v) is 4.57. The molecule has 108 valence electrons. The Kier molecular flexibility index (Phi) is 5.46. The highest BCUT2D eigenvalue weighted by atomic mass is 35.5. The lowest BCUT2D eigenvalue weighted by Crippen LogP contribution is -2.22. The quantitative estimate of drug-likeness (QED) is 0.841. The molecule has 0 saturated heterocycles. The Morgan fingerprint density at radius 3 is 2.70 bits per heavy atom. The highest BCUT2D eigenvalue weighted by molar-refractivity contribution is 7.16. The largest absolute Gasteiger partial charge is 0.496 e. The summed E-state index contributed by atoms with van der Waals surface area (Å²) in [6.07, 6.45) is 0.942. The van der Waals surface area contributed by atoms with Gasteiger partial charge in [-0.1, -0.05) is 30.7 Å². The van der Waals surface area contributed by atoms with Gasteiger partial charge in [-0.15, -0.1) is 11.3 Å². The zero-order chi connectivity index (χ0) is 14.5. The van der Waals surface area contributed by atoms with Crippen LogP contribution in [0.5, 0.6) is 5.75 Å². The third kappa shape index (κ3) is 3.75. The van der Waals surface area contributed by atoms with Crippen LogP contribution in [0.3, 0.4) is 0 Å². The molecule has 20 heavy (non-hydrogen) atoms. The van der Waals surface area contributed by atoms with Crippen molar-refractivity contribution in [3.63, 3.8) is 0 Å². The van der Waals surface area contributed by atoms with Gasteiger partial charge in [-0.3, -0.25) is 0 Å². The summed E-state index contributed by atoms with van der Waals surface area (Å²) in [5, 5.41) is 3.54. The predicted octanol–water partition coefficient (Wildman–Crippen LogP) is 4.61. The van der Waals surface area contributed by atoms with Crippen molar-refractivity contribution >= 4 is 22.9 Å². The number of thiophene rings is 1. The van der Waals surface area contributed by atoms with Crippen molar-refractivity contribution < 1.29 is 4.74 Å². The van der Waals surface area contributed by atoms with Gasteiger partial charge in [0.25, 0.3) is 0 Å². The van der Waals surface area contributed by atoms with Gasteiger partial charge in [0.2, 0.25) is 0 Å². The number of hydrogen-bond donors (Lipinski definition) is 1. The molecule has 2 nitrogen and oxygen atoms in total. The molecule has 0 saturated carbocycles. The first-order valence-electron chi connectivity index (χ1n) is 6.76. The number of ether oxygens (including phenoxy) is 1. The number of hydrogen-bond acceptors (Lipinski definition) is 3. The van der Waals surface area contributed by atoms with E-state index in [1.54, 1.807) is 18.4 Å². The number of aryl methyl sites for hydroxylation is 1. The SMILES string of the molecule is CCNC(Cc1ccc(Cl)s1)c1ccc(C)c(OC)c1. The summed E-state index contributed by atoms with van der Waals surface area (Å²) in [6.45, 7) is 5.11. The summed E-state index contributed by atoms with van der Waals surface area (Å²) in [5.41, 5.74) is 2.41. The van der Waals surface area contributed by atoms with Gasteiger partial charge in [-0.25, -0.2) is 0 Å². The third-order valence-electron chi connectivity index (χ3n) is 3.32. The molecule has 0 spiro atoms. The van der Waals surface area contributed by atoms with E-state index in [0.717, 1.165) is 28.6 Å². The van der Waals surface area contributed by atoms with Gasteiger partial charge in [0.1, 0.15) is 5.75 Å². The van der Waals surface area contributed by atoms with Gasteiger partial charge in [-0.05, 0) is 42.8 Å². The Labute approximate surface area is 129 Å². The van der Waals surface area contributed by atoms with Crippen LogP contribution in [-0.4, -0.2) is 13.7 Å². The van der Waals surface area contributed by atoms with Gasteiger partial charge in [-0.2, -0.15) is 0 Å². The van der Waals surface area contributed by atoms with Crippen molar-refractivity contribution in [1.82, 2.24) is 5.32 Å². The molecule has 2 rings (SSSR count). The normalized spacial score (nSPS) is 12.4. The number of halogens is 1. The number of nitrogens with one attached hydrogen (secondary N) is 1. The van der Waals surface area contributed by atoms with Crippen LogP contribution in [0.4, 0.5) is 0 Å². The molecule has 0 amide bonds. The summed E-state index contributed by atoms with van der Waals surface area (Å²) < 4.78 is 6.27. The fourth-order valence-electron chi connectivity index (χ4n) is 2.27. The van der Waals surface area contributed by atoms with Crippen molar-refractivity contribution in [2.75, 3.05) is 13.7 Å². The second kappa shape index (κ2) is 7.11. The Hall–Kier alpha value is -1.03. The fraction of sp³-hybridized carbons (Fsp3) is 0.375. The average molecular weight is 310 g/mol. The zero-order valence-corrected chi connectivity index (χ0v) is 13.6. The Morgan fingerprint density at radius 2 is 2.10 bits per heavy atom. The lowest BCUT2D eigenvalue weighted by molar-refractivity contribution is 0.410. The minimum atomic E-state index is 0.282. The molecule has 4 heteroatoms. The van der Waals surface area contributed by atoms with Crippen LogP contribution in [0, 0.1) is 6.92 Å². The van der Waals surface area contributed by atoms with Crippen molar-refractivity contribution in [2.24, 2.45) is 0 Å². The van der Waals surface area contributed by atoms with E-state index in [4.69, 9.17) is 16.3 Å². The molecule has 1 atom stereocenters. The van der Waals surface area contributed by atoms with Crippen molar-refractivity contribution in [3.8, 4) is 5.75 Å². The van der Waals surface area contributed by atoms with E-state index in [9.17, 15) is 0 Å². The molecule has 1 unspecified atom stereocenters. The molecular formula is C16H20ClNOS. The summed E-state index contributed by atoms with van der Waals surface area (Å²) in [5.74, 6) is 0.939. The molecule has 2 aromatic rings. The Morgan fingerprint density at radius 1 is 1.30 bits per heavy atom. The maximum Gasteiger partial charge on any atom is 0.122 e. The van der Waals surface area contributed by atoms with Crippen LogP contribution in [-0.2, 0) is 6.42 Å². The van der Waals surface area contributed by atoms with E-state index in [0.29, 0.717) is 0 Å². The first-order valence-corrected chi connectivity index (χ1v) is 7.95. The van der Waals surface area contributed by atoms with E-state index in [1.165, 1.54) is 10.4 Å². The van der Waals surface area contributed by atoms with Gasteiger partial charge in [0.05, 0.1) is 11.4 Å². The highest BCUT2D eigenvalue weighted by Crippen LogP contribution is 2.29. The number of methoxy groups -OCH3 is 1. The molecular weight excluding hydrogens is 290 g/mol. The molecule has 0 aliphatic heterocycles. The van der Waals surface area contributed by atoms with Crippen molar-refractivity contribution in [3.05, 3.63) is 50.7 Å². The summed E-state index contributed by atoms with van der Waals surface area (Å²) in [4.78, 5) is 1.29. The smallest absolute Gasteiger partial charge is 0.122 e. The van der Waals surface area contributed by atoms with E-state index in [2.05, 4.69) is 43.4 Å². The lowest BCUT2D eigenvalue weighted by atomic mass is 10.0. The fourth-order valence-corrected chi connectivity index (χ4v) is 3.40. The number of rotatable bonds is 6. The summed E-state index contributed by atoms with van der Waals surface area (Å²) in [7, 11) is 1.72. The molecule has 1 aromatic heterocycles. The van der Waals surface area contributed by atoms with Gasteiger partial charge in [0, 0.05) is 17.3 Å². The maximum absolute atomic E-state index is 6.01. The zero-order valence-electron chi connectivity index (χ0n) is 12.1. The predicted molar refractivity (Wildman–Crippen MR) is 87.2 cm³/mol. The monoisotopic (exact) mass is 309 g/mol. The van der Waals surface area contributed by atoms with E-state index >= 15 is 0 Å². The van der Waals surface area contributed by atoms with Crippen LogP contribution in [0.1, 0.15) is 29.0 Å². The molecule has 0 aliphatic carbocycles. The minimum Gasteiger partial charge on any atom is -0.496 e. The van der Waals surface area contributed by atoms with Crippen LogP contribution in [0.25, 0.3) is 0 Å². The molecule has 0 fully saturated rings. The minimum absolute atomic E-state index is 0.282. The van der Waals surface area contributed by atoms with E-state index < -0.39 is 0 Å². The average Bonchev–Trinajstić information content (AvgIpc) is 2.84. The van der Waals surface area contributed by atoms with Crippen LogP contribution >= 0.6 is 22.9 Å². The lowest BCUT2D eigenvalue weighted by Gasteiger charge is -2.19.